The third-order valence-electron chi connectivity index (χ3n) is 2.40. The van der Waals surface area contributed by atoms with Crippen molar-refractivity contribution in [1.82, 2.24) is 0 Å². The van der Waals surface area contributed by atoms with Crippen molar-refractivity contribution in [1.29, 1.82) is 0 Å². The molecule has 0 radical (unpaired) electrons. The van der Waals surface area contributed by atoms with Crippen LogP contribution in [0.25, 0.3) is 0 Å². The number of hydrogen-bond acceptors (Lipinski definition) is 6. The molecule has 1 rings (SSSR count). The number of benzene rings is 1. The van der Waals surface area contributed by atoms with Crippen molar-refractivity contribution in [3.63, 3.8) is 0 Å². The first-order valence-corrected chi connectivity index (χ1v) is 7.55. The van der Waals surface area contributed by atoms with Crippen LogP contribution >= 0.6 is 19.6 Å². The van der Waals surface area contributed by atoms with E-state index in [-0.39, 0.29) is 35.3 Å². The molecular formula is C12H15ClO7P+. The smallest absolute Gasteiger partial charge is 0.493 e. The van der Waals surface area contributed by atoms with E-state index in [1.165, 1.54) is 19.2 Å². The zero-order chi connectivity index (χ0) is 16.0. The van der Waals surface area contributed by atoms with Crippen LogP contribution in [0.4, 0.5) is 0 Å². The molecule has 0 spiro atoms. The van der Waals surface area contributed by atoms with E-state index in [1.807, 2.05) is 0 Å². The number of ether oxygens (including phenoxy) is 3. The highest BCUT2D eigenvalue weighted by Gasteiger charge is 2.30. The van der Waals surface area contributed by atoms with Crippen LogP contribution in [0.2, 0.25) is 5.02 Å². The second-order valence-corrected chi connectivity index (χ2v) is 5.31. The maximum atomic E-state index is 11.2. The number of halogens is 1. The monoisotopic (exact) mass is 337 g/mol. The molecule has 0 aliphatic carbocycles. The lowest BCUT2D eigenvalue weighted by Gasteiger charge is -2.13. The summed E-state index contributed by atoms with van der Waals surface area (Å²) in [7, 11) is -1.49. The molecule has 21 heavy (non-hydrogen) atoms. The zero-order valence-electron chi connectivity index (χ0n) is 11.4. The quantitative estimate of drug-likeness (QED) is 0.579. The van der Waals surface area contributed by atoms with E-state index in [4.69, 9.17) is 30.7 Å². The lowest BCUT2D eigenvalue weighted by molar-refractivity contribution is -0.145. The lowest BCUT2D eigenvalue weighted by Crippen LogP contribution is -2.15. The molecule has 0 amide bonds. The largest absolute Gasteiger partial charge is 0.542 e. The number of methoxy groups -OCH3 is 1. The first-order valence-electron chi connectivity index (χ1n) is 5.89. The highest BCUT2D eigenvalue weighted by atomic mass is 35.5. The molecule has 7 nitrogen and oxygen atoms in total. The van der Waals surface area contributed by atoms with Gasteiger partial charge in [0.05, 0.1) is 18.7 Å². The summed E-state index contributed by atoms with van der Waals surface area (Å²) in [4.78, 5) is 20.2. The molecule has 0 saturated heterocycles. The van der Waals surface area contributed by atoms with Crippen LogP contribution in [0, 0.1) is 0 Å². The van der Waals surface area contributed by atoms with E-state index in [0.717, 1.165) is 0 Å². The molecule has 116 valence electrons. The van der Waals surface area contributed by atoms with Crippen molar-refractivity contribution in [3.05, 3.63) is 22.7 Å². The Hall–Kier alpha value is -1.40. The van der Waals surface area contributed by atoms with Gasteiger partial charge in [0, 0.05) is 5.56 Å². The van der Waals surface area contributed by atoms with Crippen LogP contribution in [0.3, 0.4) is 0 Å². The fraction of sp³-hybridized carbons (Fsp3) is 0.417. The first-order chi connectivity index (χ1) is 9.90. The molecule has 2 atom stereocenters. The van der Waals surface area contributed by atoms with Gasteiger partial charge in [-0.15, -0.1) is 0 Å². The first kappa shape index (κ1) is 17.7. The summed E-state index contributed by atoms with van der Waals surface area (Å²) in [5, 5.41) is 9.59. The maximum Gasteiger partial charge on any atom is 0.542 e. The number of aliphatic hydroxyl groups is 1. The Balaban J connectivity index is 3.00. The van der Waals surface area contributed by atoms with E-state index >= 15 is 0 Å². The van der Waals surface area contributed by atoms with Crippen molar-refractivity contribution in [2.24, 2.45) is 0 Å². The molecule has 0 aromatic heterocycles. The Morgan fingerprint density at radius 1 is 1.48 bits per heavy atom. The fourth-order valence-electron chi connectivity index (χ4n) is 1.49. The summed E-state index contributed by atoms with van der Waals surface area (Å²) in [5.74, 6) is -1.96. The molecule has 0 saturated carbocycles. The van der Waals surface area contributed by atoms with Gasteiger partial charge in [0.2, 0.25) is 0 Å². The van der Waals surface area contributed by atoms with Gasteiger partial charge in [0.15, 0.2) is 18.1 Å². The number of esters is 1. The predicted octanol–water partition coefficient (Wildman–Crippen LogP) is 2.02. The maximum absolute atomic E-state index is 11.2. The Bertz CT molecular complexity index is 535. The minimum atomic E-state index is -2.82. The van der Waals surface area contributed by atoms with Gasteiger partial charge in [-0.3, -0.25) is 0 Å². The molecule has 9 heteroatoms. The van der Waals surface area contributed by atoms with Gasteiger partial charge in [0.1, 0.15) is 0 Å². The van der Waals surface area contributed by atoms with Crippen molar-refractivity contribution < 1.29 is 33.6 Å². The molecule has 0 aliphatic heterocycles. The van der Waals surface area contributed by atoms with Crippen LogP contribution in [-0.2, 0) is 14.1 Å². The summed E-state index contributed by atoms with van der Waals surface area (Å²) in [6.45, 7) is 1.53. The van der Waals surface area contributed by atoms with Crippen LogP contribution in [-0.4, -0.2) is 36.3 Å². The normalized spacial score (nSPS) is 12.5. The van der Waals surface area contributed by atoms with Crippen LogP contribution in [0.1, 0.15) is 18.3 Å². The molecule has 0 aliphatic rings. The SMILES string of the molecule is CCOC(=O)COc1c(Cl)cc(C(O)[P+](=O)O)cc1OC. The minimum Gasteiger partial charge on any atom is -0.493 e. The number of hydrogen-bond donors (Lipinski definition) is 2. The Kier molecular flexibility index (Phi) is 6.84. The standard InChI is InChI=1S/C12H14ClO7P/c1-3-19-10(14)6-20-11-8(13)4-7(5-9(11)18-2)12(15)21(16)17/h4-5,12,15H,3,6H2,1-2H3/p+1. The predicted molar refractivity (Wildman–Crippen MR) is 74.9 cm³/mol. The lowest BCUT2D eigenvalue weighted by atomic mass is 10.2. The Morgan fingerprint density at radius 2 is 2.14 bits per heavy atom. The molecule has 1 aromatic rings. The van der Waals surface area contributed by atoms with Crippen LogP contribution < -0.4 is 9.47 Å². The van der Waals surface area contributed by atoms with Gasteiger partial charge in [-0.2, -0.15) is 4.89 Å². The van der Waals surface area contributed by atoms with Gasteiger partial charge in [0.25, 0.3) is 0 Å². The molecule has 0 heterocycles. The minimum absolute atomic E-state index is 0.0320. The fourth-order valence-corrected chi connectivity index (χ4v) is 2.17. The summed E-state index contributed by atoms with van der Waals surface area (Å²) >= 11 is 5.98. The van der Waals surface area contributed by atoms with Gasteiger partial charge in [-0.05, 0) is 23.6 Å². The Labute approximate surface area is 127 Å². The number of carbonyl (C=O) groups is 1. The van der Waals surface area contributed by atoms with Crippen molar-refractivity contribution in [2.75, 3.05) is 20.3 Å². The summed E-state index contributed by atoms with van der Waals surface area (Å²) < 4.78 is 25.9. The number of rotatable bonds is 7. The topological polar surface area (TPSA) is 102 Å². The van der Waals surface area contributed by atoms with E-state index < -0.39 is 19.8 Å². The van der Waals surface area contributed by atoms with E-state index in [0.29, 0.717) is 0 Å². The molecule has 0 bridgehead atoms. The second kappa shape index (κ2) is 8.14. The van der Waals surface area contributed by atoms with E-state index in [2.05, 4.69) is 0 Å². The average Bonchev–Trinajstić information content (AvgIpc) is 2.44. The summed E-state index contributed by atoms with van der Waals surface area (Å²) in [6.07, 6.45) is 0. The zero-order valence-corrected chi connectivity index (χ0v) is 13.1. The average molecular weight is 338 g/mol. The molecule has 1 aromatic carbocycles. The molecule has 2 unspecified atom stereocenters. The van der Waals surface area contributed by atoms with Gasteiger partial charge < -0.3 is 19.3 Å². The van der Waals surface area contributed by atoms with Gasteiger partial charge in [-0.1, -0.05) is 11.6 Å². The highest BCUT2D eigenvalue weighted by molar-refractivity contribution is 7.38. The number of carbonyl (C=O) groups excluding carboxylic acids is 1. The number of aliphatic hydroxyl groups excluding tert-OH is 1. The third kappa shape index (κ3) is 4.82. The molecule has 0 fully saturated rings. The summed E-state index contributed by atoms with van der Waals surface area (Å²) in [6, 6.07) is 2.57. The third-order valence-corrected chi connectivity index (χ3v) is 3.40. The molecule has 2 N–H and O–H groups in total. The van der Waals surface area contributed by atoms with Gasteiger partial charge >= 0.3 is 19.8 Å². The summed E-state index contributed by atoms with van der Waals surface area (Å²) in [5.41, 5.74) is 0.101. The van der Waals surface area contributed by atoms with Crippen LogP contribution in [0.5, 0.6) is 11.5 Å². The second-order valence-electron chi connectivity index (χ2n) is 3.80. The van der Waals surface area contributed by atoms with E-state index in [1.54, 1.807) is 6.92 Å². The highest BCUT2D eigenvalue weighted by Crippen LogP contribution is 2.42. The van der Waals surface area contributed by atoms with Crippen molar-refractivity contribution >= 4 is 25.6 Å². The van der Waals surface area contributed by atoms with E-state index in [9.17, 15) is 14.5 Å². The van der Waals surface area contributed by atoms with Crippen LogP contribution in [0.15, 0.2) is 12.1 Å². The van der Waals surface area contributed by atoms with Crippen molar-refractivity contribution in [3.8, 4) is 11.5 Å². The molecular weight excluding hydrogens is 323 g/mol. The van der Waals surface area contributed by atoms with Crippen molar-refractivity contribution in [2.45, 2.75) is 12.8 Å². The Morgan fingerprint density at radius 3 is 2.67 bits per heavy atom. The van der Waals surface area contributed by atoms with Gasteiger partial charge in [-0.25, -0.2) is 4.79 Å².